The van der Waals surface area contributed by atoms with E-state index in [-0.39, 0.29) is 17.9 Å². The molecule has 1 aromatic carbocycles. The van der Waals surface area contributed by atoms with Crippen molar-refractivity contribution in [1.29, 1.82) is 0 Å². The van der Waals surface area contributed by atoms with Gasteiger partial charge in [0.05, 0.1) is 24.7 Å². The Kier molecular flexibility index (Phi) is 6.26. The van der Waals surface area contributed by atoms with E-state index in [4.69, 9.17) is 16.2 Å². The maximum Gasteiger partial charge on any atom is 0.255 e. The van der Waals surface area contributed by atoms with Gasteiger partial charge in [-0.1, -0.05) is 0 Å². The number of anilines is 2. The Morgan fingerprint density at radius 1 is 1.30 bits per heavy atom. The number of primary amides is 1. The van der Waals surface area contributed by atoms with Crippen LogP contribution in [0.15, 0.2) is 42.9 Å². The smallest absolute Gasteiger partial charge is 0.255 e. The molecule has 0 atom stereocenters. The van der Waals surface area contributed by atoms with Crippen LogP contribution in [0, 0.1) is 5.82 Å². The molecule has 2 amide bonds. The number of nitrogen functional groups attached to an aromatic ring is 1. The van der Waals surface area contributed by atoms with Gasteiger partial charge in [0, 0.05) is 36.5 Å². The molecule has 0 aliphatic rings. The van der Waals surface area contributed by atoms with E-state index in [0.29, 0.717) is 41.3 Å². The first-order valence-corrected chi connectivity index (χ1v) is 9.09. The molecule has 0 aliphatic carbocycles. The molecule has 3 aromatic rings. The number of nitrogens with one attached hydrogen (secondary N) is 1. The van der Waals surface area contributed by atoms with Crippen molar-refractivity contribution in [3.05, 3.63) is 54.2 Å². The van der Waals surface area contributed by atoms with E-state index in [2.05, 4.69) is 15.4 Å². The van der Waals surface area contributed by atoms with Gasteiger partial charge in [-0.25, -0.2) is 4.39 Å². The molecule has 0 fully saturated rings. The summed E-state index contributed by atoms with van der Waals surface area (Å²) in [6, 6.07) is 5.43. The van der Waals surface area contributed by atoms with Crippen LogP contribution in [0.5, 0.6) is 5.75 Å². The number of nitrogens with two attached hydrogens (primary N) is 2. The third-order valence-corrected chi connectivity index (χ3v) is 4.27. The lowest BCUT2D eigenvalue weighted by atomic mass is 10.1. The van der Waals surface area contributed by atoms with Crippen LogP contribution in [-0.4, -0.2) is 33.7 Å². The number of nitrogens with zero attached hydrogens (tertiary/aromatic N) is 3. The van der Waals surface area contributed by atoms with Gasteiger partial charge >= 0.3 is 0 Å². The molecular weight excluding hydrogens is 391 g/mol. The number of methoxy groups -OCH3 is 1. The SMILES string of the molecule is COc1c(N)ccnc1-c1cc(F)cc(C(=O)Nc2cnn(CCCC(N)=O)c2)c1. The molecule has 0 saturated carbocycles. The van der Waals surface area contributed by atoms with Crippen molar-refractivity contribution in [2.75, 3.05) is 18.2 Å². The zero-order valence-electron chi connectivity index (χ0n) is 16.3. The number of rotatable bonds is 8. The van der Waals surface area contributed by atoms with E-state index < -0.39 is 11.7 Å². The van der Waals surface area contributed by atoms with Crippen molar-refractivity contribution in [2.24, 2.45) is 5.73 Å². The quantitative estimate of drug-likeness (QED) is 0.518. The largest absolute Gasteiger partial charge is 0.492 e. The maximum absolute atomic E-state index is 14.2. The summed E-state index contributed by atoms with van der Waals surface area (Å²) in [7, 11) is 1.44. The fourth-order valence-corrected chi connectivity index (χ4v) is 2.91. The van der Waals surface area contributed by atoms with Crippen LogP contribution in [0.4, 0.5) is 15.8 Å². The highest BCUT2D eigenvalue weighted by atomic mass is 19.1. The lowest BCUT2D eigenvalue weighted by molar-refractivity contribution is -0.118. The number of carbonyl (C=O) groups is 2. The second kappa shape index (κ2) is 9.03. The van der Waals surface area contributed by atoms with E-state index in [0.717, 1.165) is 6.07 Å². The van der Waals surface area contributed by atoms with Crippen molar-refractivity contribution in [3.8, 4) is 17.0 Å². The average molecular weight is 412 g/mol. The van der Waals surface area contributed by atoms with Crippen LogP contribution in [-0.2, 0) is 11.3 Å². The number of hydrogen-bond donors (Lipinski definition) is 3. The van der Waals surface area contributed by atoms with Gasteiger partial charge in [0.2, 0.25) is 5.91 Å². The standard InChI is InChI=1S/C20H21FN6O3/c1-30-19-16(22)4-5-24-18(19)12-7-13(9-14(21)8-12)20(29)26-15-10-25-27(11-15)6-2-3-17(23)28/h4-5,7-11H,2-3,6H2,1H3,(H2,22,24)(H2,23,28)(H,26,29). The number of hydrogen-bond acceptors (Lipinski definition) is 6. The van der Waals surface area contributed by atoms with Gasteiger partial charge in [-0.15, -0.1) is 0 Å². The molecule has 3 rings (SSSR count). The first-order valence-electron chi connectivity index (χ1n) is 9.09. The highest BCUT2D eigenvalue weighted by Crippen LogP contribution is 2.33. The second-order valence-electron chi connectivity index (χ2n) is 6.53. The number of aromatic nitrogens is 3. The van der Waals surface area contributed by atoms with Gasteiger partial charge in [0.1, 0.15) is 11.5 Å². The Morgan fingerprint density at radius 2 is 2.10 bits per heavy atom. The van der Waals surface area contributed by atoms with Gasteiger partial charge in [0.25, 0.3) is 5.91 Å². The number of aryl methyl sites for hydroxylation is 1. The molecule has 2 aromatic heterocycles. The summed E-state index contributed by atoms with van der Waals surface area (Å²) >= 11 is 0. The summed E-state index contributed by atoms with van der Waals surface area (Å²) in [6.07, 6.45) is 5.33. The number of halogens is 1. The third kappa shape index (κ3) is 4.90. The molecular formula is C20H21FN6O3. The van der Waals surface area contributed by atoms with Crippen LogP contribution >= 0.6 is 0 Å². The molecule has 0 unspecified atom stereocenters. The van der Waals surface area contributed by atoms with Gasteiger partial charge < -0.3 is 21.5 Å². The second-order valence-corrected chi connectivity index (χ2v) is 6.53. The fourth-order valence-electron chi connectivity index (χ4n) is 2.91. The summed E-state index contributed by atoms with van der Waals surface area (Å²) in [4.78, 5) is 27.6. The molecule has 0 bridgehead atoms. The van der Waals surface area contributed by atoms with Crippen LogP contribution in [0.2, 0.25) is 0 Å². The predicted molar refractivity (Wildman–Crippen MR) is 109 cm³/mol. The van der Waals surface area contributed by atoms with Gasteiger partial charge in [0.15, 0.2) is 5.75 Å². The van der Waals surface area contributed by atoms with Crippen molar-refractivity contribution in [2.45, 2.75) is 19.4 Å². The summed E-state index contributed by atoms with van der Waals surface area (Å²) in [6.45, 7) is 0.476. The molecule has 0 aliphatic heterocycles. The highest BCUT2D eigenvalue weighted by Gasteiger charge is 2.16. The van der Waals surface area contributed by atoms with E-state index >= 15 is 0 Å². The van der Waals surface area contributed by atoms with Gasteiger partial charge in [-0.05, 0) is 30.7 Å². The van der Waals surface area contributed by atoms with Gasteiger partial charge in [-0.2, -0.15) is 5.10 Å². The lowest BCUT2D eigenvalue weighted by Gasteiger charge is -2.11. The third-order valence-electron chi connectivity index (χ3n) is 4.27. The first kappa shape index (κ1) is 20.8. The first-order chi connectivity index (χ1) is 14.4. The van der Waals surface area contributed by atoms with Crippen molar-refractivity contribution < 1.29 is 18.7 Å². The molecule has 0 radical (unpaired) electrons. The number of ether oxygens (including phenoxy) is 1. The molecule has 10 heteroatoms. The van der Waals surface area contributed by atoms with Crippen molar-refractivity contribution >= 4 is 23.2 Å². The van der Waals surface area contributed by atoms with Crippen LogP contribution in [0.25, 0.3) is 11.3 Å². The predicted octanol–water partition coefficient (Wildman–Crippen LogP) is 2.19. The summed E-state index contributed by atoms with van der Waals surface area (Å²) < 4.78 is 21.1. The van der Waals surface area contributed by atoms with Crippen molar-refractivity contribution in [3.63, 3.8) is 0 Å². The van der Waals surface area contributed by atoms with Crippen LogP contribution in [0.3, 0.4) is 0 Å². The Morgan fingerprint density at radius 3 is 2.83 bits per heavy atom. The topological polar surface area (TPSA) is 138 Å². The Labute approximate surface area is 171 Å². The van der Waals surface area contributed by atoms with E-state index in [1.54, 1.807) is 16.9 Å². The summed E-state index contributed by atoms with van der Waals surface area (Å²) in [5, 5.41) is 6.78. The minimum absolute atomic E-state index is 0.0951. The number of pyridine rings is 1. The van der Waals surface area contributed by atoms with E-state index in [1.165, 1.54) is 31.6 Å². The molecule has 30 heavy (non-hydrogen) atoms. The summed E-state index contributed by atoms with van der Waals surface area (Å²) in [5.74, 6) is -1.21. The number of carbonyl (C=O) groups excluding carboxylic acids is 2. The monoisotopic (exact) mass is 412 g/mol. The molecule has 5 N–H and O–H groups in total. The van der Waals surface area contributed by atoms with Crippen LogP contribution < -0.4 is 21.5 Å². The molecule has 156 valence electrons. The normalized spacial score (nSPS) is 10.6. The fraction of sp³-hybridized carbons (Fsp3) is 0.200. The summed E-state index contributed by atoms with van der Waals surface area (Å²) in [5.41, 5.74) is 12.6. The maximum atomic E-state index is 14.2. The minimum atomic E-state index is -0.605. The number of benzene rings is 1. The zero-order valence-corrected chi connectivity index (χ0v) is 16.3. The highest BCUT2D eigenvalue weighted by molar-refractivity contribution is 6.05. The Bertz CT molecular complexity index is 1080. The Balaban J connectivity index is 1.79. The lowest BCUT2D eigenvalue weighted by Crippen LogP contribution is -2.12. The van der Waals surface area contributed by atoms with E-state index in [1.807, 2.05) is 0 Å². The number of amides is 2. The molecule has 9 nitrogen and oxygen atoms in total. The van der Waals surface area contributed by atoms with E-state index in [9.17, 15) is 14.0 Å². The van der Waals surface area contributed by atoms with Crippen LogP contribution in [0.1, 0.15) is 23.2 Å². The van der Waals surface area contributed by atoms with Crippen molar-refractivity contribution in [1.82, 2.24) is 14.8 Å². The van der Waals surface area contributed by atoms with Gasteiger partial charge in [-0.3, -0.25) is 19.3 Å². The average Bonchev–Trinajstić information content (AvgIpc) is 3.14. The molecule has 2 heterocycles. The zero-order chi connectivity index (χ0) is 21.7. The molecule has 0 saturated heterocycles. The Hall–Kier alpha value is -3.95. The molecule has 0 spiro atoms. The minimum Gasteiger partial charge on any atom is -0.492 e.